The van der Waals surface area contributed by atoms with Gasteiger partial charge in [0, 0.05) is 24.5 Å². The normalized spacial score (nSPS) is 11.1. The van der Waals surface area contributed by atoms with E-state index in [0.717, 1.165) is 51.7 Å². The Hall–Kier alpha value is -3.10. The molecule has 154 valence electrons. The number of carbonyl (C=O) groups is 1. The van der Waals surface area contributed by atoms with Gasteiger partial charge in [-0.2, -0.15) is 0 Å². The zero-order valence-corrected chi connectivity index (χ0v) is 17.8. The maximum Gasteiger partial charge on any atom is 0.271 e. The molecule has 8 heteroatoms. The first-order valence-electron chi connectivity index (χ1n) is 9.87. The number of fused-ring (bicyclic) bond motifs is 1. The van der Waals surface area contributed by atoms with Crippen molar-refractivity contribution in [2.24, 2.45) is 0 Å². The predicted molar refractivity (Wildman–Crippen MR) is 118 cm³/mol. The van der Waals surface area contributed by atoms with Crippen LogP contribution >= 0.6 is 11.3 Å². The van der Waals surface area contributed by atoms with Gasteiger partial charge in [0.2, 0.25) is 0 Å². The molecule has 30 heavy (non-hydrogen) atoms. The third-order valence-corrected chi connectivity index (χ3v) is 5.68. The van der Waals surface area contributed by atoms with Crippen molar-refractivity contribution < 1.29 is 4.79 Å². The Morgan fingerprint density at radius 3 is 2.87 bits per heavy atom. The lowest BCUT2D eigenvalue weighted by Gasteiger charge is -2.06. The van der Waals surface area contributed by atoms with Crippen molar-refractivity contribution in [1.82, 2.24) is 30.6 Å². The van der Waals surface area contributed by atoms with E-state index in [-0.39, 0.29) is 5.91 Å². The minimum Gasteiger partial charge on any atom is -0.345 e. The number of pyridine rings is 1. The van der Waals surface area contributed by atoms with E-state index in [1.54, 1.807) is 5.38 Å². The number of hydrogen-bond acceptors (Lipinski definition) is 6. The molecule has 1 amide bonds. The van der Waals surface area contributed by atoms with E-state index in [9.17, 15) is 4.79 Å². The first-order valence-corrected chi connectivity index (χ1v) is 10.8. The lowest BCUT2D eigenvalue weighted by molar-refractivity contribution is 0.0946. The third-order valence-electron chi connectivity index (χ3n) is 4.77. The quantitative estimate of drug-likeness (QED) is 0.380. The molecule has 7 nitrogen and oxygen atoms in total. The molecule has 0 saturated heterocycles. The largest absolute Gasteiger partial charge is 0.345 e. The fourth-order valence-electron chi connectivity index (χ4n) is 3.20. The molecule has 3 heterocycles. The monoisotopic (exact) mass is 420 g/mol. The Bertz CT molecular complexity index is 1130. The Kier molecular flexibility index (Phi) is 6.15. The molecule has 3 N–H and O–H groups in total. The molecular weight excluding hydrogens is 396 g/mol. The molecule has 0 bridgehead atoms. The SMILES string of the molecule is Cc1cnc(CNC(=O)c2csc(CCNCc3nc4ccccc4[nH]3)n2)c(C)c1. The summed E-state index contributed by atoms with van der Waals surface area (Å²) >= 11 is 1.50. The van der Waals surface area contributed by atoms with E-state index in [2.05, 4.69) is 36.6 Å². The lowest BCUT2D eigenvalue weighted by atomic mass is 10.1. The highest BCUT2D eigenvalue weighted by molar-refractivity contribution is 7.09. The topological polar surface area (TPSA) is 95.6 Å². The molecular formula is C22H24N6OS. The molecule has 3 aromatic heterocycles. The van der Waals surface area contributed by atoms with Crippen LogP contribution in [0, 0.1) is 13.8 Å². The molecule has 0 atom stereocenters. The summed E-state index contributed by atoms with van der Waals surface area (Å²) in [5, 5.41) is 9.01. The highest BCUT2D eigenvalue weighted by Crippen LogP contribution is 2.12. The number of hydrogen-bond donors (Lipinski definition) is 3. The van der Waals surface area contributed by atoms with Gasteiger partial charge in [0.15, 0.2) is 0 Å². The van der Waals surface area contributed by atoms with Gasteiger partial charge < -0.3 is 15.6 Å². The van der Waals surface area contributed by atoms with Crippen molar-refractivity contribution >= 4 is 28.3 Å². The zero-order valence-electron chi connectivity index (χ0n) is 17.0. The summed E-state index contributed by atoms with van der Waals surface area (Å²) in [4.78, 5) is 29.1. The van der Waals surface area contributed by atoms with Gasteiger partial charge in [0.05, 0.1) is 34.8 Å². The maximum absolute atomic E-state index is 12.4. The molecule has 4 rings (SSSR count). The van der Waals surface area contributed by atoms with Crippen LogP contribution in [-0.4, -0.2) is 32.4 Å². The number of rotatable bonds is 8. The second-order valence-electron chi connectivity index (χ2n) is 7.21. The summed E-state index contributed by atoms with van der Waals surface area (Å²) in [7, 11) is 0. The summed E-state index contributed by atoms with van der Waals surface area (Å²) in [6, 6.07) is 10.0. The third kappa shape index (κ3) is 4.90. The molecule has 0 radical (unpaired) electrons. The molecule has 4 aromatic rings. The fourth-order valence-corrected chi connectivity index (χ4v) is 3.98. The number of nitrogens with zero attached hydrogens (tertiary/aromatic N) is 3. The van der Waals surface area contributed by atoms with Crippen LogP contribution in [0.25, 0.3) is 11.0 Å². The van der Waals surface area contributed by atoms with Crippen molar-refractivity contribution in [3.05, 3.63) is 75.3 Å². The Labute approximate surface area is 179 Å². The van der Waals surface area contributed by atoms with E-state index in [0.29, 0.717) is 18.8 Å². The van der Waals surface area contributed by atoms with E-state index < -0.39 is 0 Å². The lowest BCUT2D eigenvalue weighted by Crippen LogP contribution is -2.24. The minimum atomic E-state index is -0.172. The van der Waals surface area contributed by atoms with Gasteiger partial charge in [-0.25, -0.2) is 9.97 Å². The summed E-state index contributed by atoms with van der Waals surface area (Å²) in [6.07, 6.45) is 2.57. The van der Waals surface area contributed by atoms with Crippen LogP contribution in [0.15, 0.2) is 41.9 Å². The molecule has 0 unspecified atom stereocenters. The first kappa shape index (κ1) is 20.2. The summed E-state index contributed by atoms with van der Waals surface area (Å²) < 4.78 is 0. The molecule has 1 aromatic carbocycles. The number of para-hydroxylation sites is 2. The number of aryl methyl sites for hydroxylation is 2. The standard InChI is InChI=1S/C22H24N6OS/c1-14-9-15(2)18(24-10-14)11-25-22(29)19-13-30-21(28-19)7-8-23-12-20-26-16-5-3-4-6-17(16)27-20/h3-6,9-10,13,23H,7-8,11-12H2,1-2H3,(H,25,29)(H,26,27). The van der Waals surface area contributed by atoms with Crippen LogP contribution in [0.2, 0.25) is 0 Å². The average Bonchev–Trinajstić information content (AvgIpc) is 3.37. The Balaban J connectivity index is 1.23. The summed E-state index contributed by atoms with van der Waals surface area (Å²) in [5.41, 5.74) is 5.53. The Morgan fingerprint density at radius 2 is 2.03 bits per heavy atom. The molecule has 0 aliphatic heterocycles. The van der Waals surface area contributed by atoms with Gasteiger partial charge in [-0.05, 0) is 37.1 Å². The van der Waals surface area contributed by atoms with Gasteiger partial charge in [0.1, 0.15) is 11.5 Å². The summed E-state index contributed by atoms with van der Waals surface area (Å²) in [5.74, 6) is 0.741. The minimum absolute atomic E-state index is 0.172. The number of nitrogens with one attached hydrogen (secondary N) is 3. The molecule has 0 saturated carbocycles. The van der Waals surface area contributed by atoms with Crippen LogP contribution < -0.4 is 10.6 Å². The van der Waals surface area contributed by atoms with Crippen molar-refractivity contribution in [3.8, 4) is 0 Å². The van der Waals surface area contributed by atoms with Crippen molar-refractivity contribution in [3.63, 3.8) is 0 Å². The summed E-state index contributed by atoms with van der Waals surface area (Å²) in [6.45, 7) is 5.83. The number of aromatic nitrogens is 4. The van der Waals surface area contributed by atoms with Gasteiger partial charge in [-0.15, -0.1) is 11.3 Å². The molecule has 0 fully saturated rings. The molecule has 0 aliphatic rings. The van der Waals surface area contributed by atoms with Crippen LogP contribution in [0.3, 0.4) is 0 Å². The van der Waals surface area contributed by atoms with Crippen LogP contribution in [0.1, 0.15) is 38.1 Å². The molecule has 0 spiro atoms. The van der Waals surface area contributed by atoms with Crippen molar-refractivity contribution in [2.45, 2.75) is 33.4 Å². The van der Waals surface area contributed by atoms with Gasteiger partial charge in [-0.1, -0.05) is 18.2 Å². The number of carbonyl (C=O) groups excluding carboxylic acids is 1. The number of H-pyrrole nitrogens is 1. The number of amides is 1. The molecule has 0 aliphatic carbocycles. The highest BCUT2D eigenvalue weighted by Gasteiger charge is 2.11. The maximum atomic E-state index is 12.4. The van der Waals surface area contributed by atoms with Gasteiger partial charge in [-0.3, -0.25) is 9.78 Å². The van der Waals surface area contributed by atoms with E-state index in [4.69, 9.17) is 0 Å². The number of imidazole rings is 1. The second kappa shape index (κ2) is 9.15. The van der Waals surface area contributed by atoms with Crippen LogP contribution in [0.4, 0.5) is 0 Å². The van der Waals surface area contributed by atoms with E-state index >= 15 is 0 Å². The van der Waals surface area contributed by atoms with E-state index in [1.165, 1.54) is 11.3 Å². The fraction of sp³-hybridized carbons (Fsp3) is 0.273. The number of thiazole rings is 1. The van der Waals surface area contributed by atoms with Crippen molar-refractivity contribution in [1.29, 1.82) is 0 Å². The number of benzene rings is 1. The van der Waals surface area contributed by atoms with Crippen LogP contribution in [0.5, 0.6) is 0 Å². The van der Waals surface area contributed by atoms with Gasteiger partial charge >= 0.3 is 0 Å². The first-order chi connectivity index (χ1) is 14.6. The van der Waals surface area contributed by atoms with Crippen LogP contribution in [-0.2, 0) is 19.5 Å². The number of aromatic amines is 1. The predicted octanol–water partition coefficient (Wildman–Crippen LogP) is 3.29. The van der Waals surface area contributed by atoms with Gasteiger partial charge in [0.25, 0.3) is 5.91 Å². The smallest absolute Gasteiger partial charge is 0.271 e. The zero-order chi connectivity index (χ0) is 20.9. The second-order valence-corrected chi connectivity index (χ2v) is 8.16. The Morgan fingerprint density at radius 1 is 1.17 bits per heavy atom. The van der Waals surface area contributed by atoms with Crippen molar-refractivity contribution in [2.75, 3.05) is 6.54 Å². The van der Waals surface area contributed by atoms with E-state index in [1.807, 2.05) is 44.3 Å². The average molecular weight is 421 g/mol. The highest BCUT2D eigenvalue weighted by atomic mass is 32.1.